The van der Waals surface area contributed by atoms with Crippen molar-refractivity contribution in [1.29, 1.82) is 0 Å². The minimum Gasteiger partial charge on any atom is -0.496 e. The second-order valence-corrected chi connectivity index (χ2v) is 8.28. The second-order valence-electron chi connectivity index (χ2n) is 7.42. The Morgan fingerprint density at radius 3 is 2.67 bits per heavy atom. The Balaban J connectivity index is 0.00000210. The van der Waals surface area contributed by atoms with E-state index in [0.29, 0.717) is 17.0 Å². The molecule has 0 spiro atoms. The van der Waals surface area contributed by atoms with Crippen LogP contribution in [0, 0.1) is 17.8 Å². The maximum absolute atomic E-state index is 12.8. The maximum atomic E-state index is 12.8. The van der Waals surface area contributed by atoms with E-state index in [9.17, 15) is 4.79 Å². The molecular formula is C20H26ClN3O2S. The Morgan fingerprint density at radius 1 is 1.26 bits per heavy atom. The molecule has 2 bridgehead atoms. The van der Waals surface area contributed by atoms with E-state index in [1.54, 1.807) is 7.11 Å². The van der Waals surface area contributed by atoms with E-state index < -0.39 is 0 Å². The lowest BCUT2D eigenvalue weighted by atomic mass is 9.65. The number of para-hydroxylation sites is 1. The number of aromatic nitrogens is 1. The zero-order valence-corrected chi connectivity index (χ0v) is 17.0. The zero-order valence-electron chi connectivity index (χ0n) is 15.4. The molecule has 3 N–H and O–H groups in total. The standard InChI is InChI=1S/C20H25N3O2S.ClH/c1-25-17-8-3-2-7-15(17)16-11-26-20(22-16)23-19(24)14-9-12-5-4-6-13(10-14)18(12)21;/h2-3,7-8,11-14,18H,4-6,9-10,21H2,1H3,(H,22,23,24);1H. The van der Waals surface area contributed by atoms with Crippen LogP contribution in [0.5, 0.6) is 5.75 Å². The fourth-order valence-electron chi connectivity index (χ4n) is 4.52. The molecule has 146 valence electrons. The summed E-state index contributed by atoms with van der Waals surface area (Å²) in [6, 6.07) is 8.06. The Bertz CT molecular complexity index is 783. The molecule has 2 atom stereocenters. The predicted octanol–water partition coefficient (Wildman–Crippen LogP) is 4.33. The highest BCUT2D eigenvalue weighted by Gasteiger charge is 2.40. The summed E-state index contributed by atoms with van der Waals surface area (Å²) in [5.41, 5.74) is 8.10. The molecule has 1 aromatic heterocycles. The molecular weight excluding hydrogens is 382 g/mol. The lowest BCUT2D eigenvalue weighted by Gasteiger charge is -2.43. The molecule has 0 saturated heterocycles. The predicted molar refractivity (Wildman–Crippen MR) is 112 cm³/mol. The first-order chi connectivity index (χ1) is 12.7. The van der Waals surface area contributed by atoms with Crippen LogP contribution in [0.3, 0.4) is 0 Å². The summed E-state index contributed by atoms with van der Waals surface area (Å²) in [6.45, 7) is 0. The maximum Gasteiger partial charge on any atom is 0.229 e. The Hall–Kier alpha value is -1.63. The van der Waals surface area contributed by atoms with Gasteiger partial charge >= 0.3 is 0 Å². The fraction of sp³-hybridized carbons (Fsp3) is 0.500. The number of benzene rings is 1. The number of nitrogens with two attached hydrogens (primary N) is 1. The topological polar surface area (TPSA) is 77.2 Å². The number of carbonyl (C=O) groups is 1. The quantitative estimate of drug-likeness (QED) is 0.790. The summed E-state index contributed by atoms with van der Waals surface area (Å²) in [6.07, 6.45) is 5.40. The monoisotopic (exact) mass is 407 g/mol. The third kappa shape index (κ3) is 4.13. The second kappa shape index (κ2) is 8.59. The first kappa shape index (κ1) is 20.1. The van der Waals surface area contributed by atoms with Gasteiger partial charge in [-0.15, -0.1) is 23.7 Å². The van der Waals surface area contributed by atoms with Gasteiger partial charge in [-0.2, -0.15) is 0 Å². The minimum atomic E-state index is 0. The molecule has 5 nitrogen and oxygen atoms in total. The third-order valence-electron chi connectivity index (χ3n) is 5.90. The van der Waals surface area contributed by atoms with Gasteiger partial charge < -0.3 is 15.8 Å². The third-order valence-corrected chi connectivity index (χ3v) is 6.66. The molecule has 0 aliphatic heterocycles. The summed E-state index contributed by atoms with van der Waals surface area (Å²) in [4.78, 5) is 17.4. The van der Waals surface area contributed by atoms with Gasteiger partial charge in [-0.3, -0.25) is 4.79 Å². The van der Waals surface area contributed by atoms with Crippen molar-refractivity contribution >= 4 is 34.8 Å². The van der Waals surface area contributed by atoms with Crippen LogP contribution < -0.4 is 15.8 Å². The number of rotatable bonds is 4. The highest BCUT2D eigenvalue weighted by Crippen LogP contribution is 2.42. The average Bonchev–Trinajstić information content (AvgIpc) is 3.09. The molecule has 1 aromatic carbocycles. The first-order valence-electron chi connectivity index (χ1n) is 9.31. The summed E-state index contributed by atoms with van der Waals surface area (Å²) in [5.74, 6) is 1.93. The van der Waals surface area contributed by atoms with Gasteiger partial charge in [-0.1, -0.05) is 18.6 Å². The van der Waals surface area contributed by atoms with Crippen LogP contribution in [0.15, 0.2) is 29.6 Å². The van der Waals surface area contributed by atoms with E-state index in [2.05, 4.69) is 10.3 Å². The van der Waals surface area contributed by atoms with E-state index in [0.717, 1.165) is 42.7 Å². The number of thiazole rings is 1. The number of halogens is 1. The zero-order chi connectivity index (χ0) is 18.1. The van der Waals surface area contributed by atoms with Crippen molar-refractivity contribution in [2.24, 2.45) is 23.5 Å². The smallest absolute Gasteiger partial charge is 0.229 e. The molecule has 2 aliphatic rings. The molecule has 27 heavy (non-hydrogen) atoms. The number of hydrogen-bond acceptors (Lipinski definition) is 5. The summed E-state index contributed by atoms with van der Waals surface area (Å²) in [7, 11) is 1.65. The number of nitrogens with zero attached hydrogens (tertiary/aromatic N) is 1. The largest absolute Gasteiger partial charge is 0.496 e. The molecule has 1 amide bonds. The van der Waals surface area contributed by atoms with Gasteiger partial charge in [0.15, 0.2) is 5.13 Å². The summed E-state index contributed by atoms with van der Waals surface area (Å²) in [5, 5.41) is 5.64. The molecule has 7 heteroatoms. The SMILES string of the molecule is COc1ccccc1-c1csc(NC(=O)C2CC3CCCC(C2)C3N)n1.Cl. The highest BCUT2D eigenvalue weighted by atomic mass is 35.5. The van der Waals surface area contributed by atoms with Gasteiger partial charge in [0.05, 0.1) is 12.8 Å². The Kier molecular flexibility index (Phi) is 6.40. The summed E-state index contributed by atoms with van der Waals surface area (Å²) < 4.78 is 5.40. The van der Waals surface area contributed by atoms with Crippen molar-refractivity contribution in [2.45, 2.75) is 38.1 Å². The van der Waals surface area contributed by atoms with E-state index in [1.807, 2.05) is 29.6 Å². The number of ether oxygens (including phenoxy) is 1. The number of hydrogen-bond donors (Lipinski definition) is 2. The number of carbonyl (C=O) groups excluding carboxylic acids is 1. The van der Waals surface area contributed by atoms with Gasteiger partial charge in [0.25, 0.3) is 0 Å². The Labute approximate surface area is 170 Å². The molecule has 2 aromatic rings. The van der Waals surface area contributed by atoms with Crippen molar-refractivity contribution in [1.82, 2.24) is 4.98 Å². The van der Waals surface area contributed by atoms with Crippen LogP contribution in [0.4, 0.5) is 5.13 Å². The van der Waals surface area contributed by atoms with Crippen LogP contribution in [-0.2, 0) is 4.79 Å². The first-order valence-corrected chi connectivity index (χ1v) is 10.2. The molecule has 1 heterocycles. The number of fused-ring (bicyclic) bond motifs is 2. The van der Waals surface area contributed by atoms with Crippen molar-refractivity contribution < 1.29 is 9.53 Å². The van der Waals surface area contributed by atoms with Crippen molar-refractivity contribution in [3.05, 3.63) is 29.6 Å². The lowest BCUT2D eigenvalue weighted by molar-refractivity contribution is -0.122. The average molecular weight is 408 g/mol. The van der Waals surface area contributed by atoms with Gasteiger partial charge in [0, 0.05) is 22.9 Å². The van der Waals surface area contributed by atoms with Crippen LogP contribution in [0.25, 0.3) is 11.3 Å². The van der Waals surface area contributed by atoms with Gasteiger partial charge in [0.1, 0.15) is 5.75 Å². The highest BCUT2D eigenvalue weighted by molar-refractivity contribution is 7.14. The number of anilines is 1. The van der Waals surface area contributed by atoms with Crippen molar-refractivity contribution in [2.75, 3.05) is 12.4 Å². The molecule has 2 saturated carbocycles. The van der Waals surface area contributed by atoms with E-state index in [4.69, 9.17) is 10.5 Å². The molecule has 2 unspecified atom stereocenters. The number of nitrogens with one attached hydrogen (secondary N) is 1. The lowest BCUT2D eigenvalue weighted by Crippen LogP contribution is -2.48. The van der Waals surface area contributed by atoms with E-state index in [1.165, 1.54) is 17.8 Å². The van der Waals surface area contributed by atoms with Crippen LogP contribution in [0.1, 0.15) is 32.1 Å². The fourth-order valence-corrected chi connectivity index (χ4v) is 5.24. The molecule has 4 rings (SSSR count). The number of methoxy groups -OCH3 is 1. The van der Waals surface area contributed by atoms with Crippen molar-refractivity contribution in [3.63, 3.8) is 0 Å². The molecule has 2 fully saturated rings. The normalized spacial score (nSPS) is 26.7. The molecule has 2 aliphatic carbocycles. The van der Waals surface area contributed by atoms with E-state index in [-0.39, 0.29) is 30.3 Å². The van der Waals surface area contributed by atoms with Gasteiger partial charge in [-0.25, -0.2) is 4.98 Å². The minimum absolute atomic E-state index is 0. The van der Waals surface area contributed by atoms with Crippen LogP contribution in [-0.4, -0.2) is 24.0 Å². The number of amides is 1. The van der Waals surface area contributed by atoms with Gasteiger partial charge in [0.2, 0.25) is 5.91 Å². The van der Waals surface area contributed by atoms with Crippen LogP contribution >= 0.6 is 23.7 Å². The van der Waals surface area contributed by atoms with E-state index >= 15 is 0 Å². The van der Waals surface area contributed by atoms with Crippen molar-refractivity contribution in [3.8, 4) is 17.0 Å². The Morgan fingerprint density at radius 2 is 1.96 bits per heavy atom. The van der Waals surface area contributed by atoms with Gasteiger partial charge in [-0.05, 0) is 49.7 Å². The molecule has 0 radical (unpaired) electrons. The van der Waals surface area contributed by atoms with Crippen LogP contribution in [0.2, 0.25) is 0 Å². The summed E-state index contributed by atoms with van der Waals surface area (Å²) >= 11 is 1.45.